The number of carbonyl (C=O) groups excluding carboxylic acids is 1. The predicted molar refractivity (Wildman–Crippen MR) is 121 cm³/mol. The van der Waals surface area contributed by atoms with Crippen LogP contribution in [0.25, 0.3) is 0 Å². The molecule has 1 aliphatic heterocycles. The van der Waals surface area contributed by atoms with Crippen molar-refractivity contribution in [2.75, 3.05) is 21.2 Å². The van der Waals surface area contributed by atoms with E-state index >= 15 is 0 Å². The number of halogens is 1. The molecule has 5 nitrogen and oxygen atoms in total. The third-order valence-electron chi connectivity index (χ3n) is 5.59. The molecule has 3 aromatic rings. The summed E-state index contributed by atoms with van der Waals surface area (Å²) in [6.45, 7) is 2.50. The van der Waals surface area contributed by atoms with Gasteiger partial charge < -0.3 is 14.4 Å². The summed E-state index contributed by atoms with van der Waals surface area (Å²) < 4.78 is 26.1. The summed E-state index contributed by atoms with van der Waals surface area (Å²) in [7, 11) is 4.93. The Hall–Kier alpha value is -3.38. The van der Waals surface area contributed by atoms with Crippen LogP contribution in [0.1, 0.15) is 32.6 Å². The molecule has 0 aliphatic carbocycles. The van der Waals surface area contributed by atoms with Crippen LogP contribution in [0, 0.1) is 5.82 Å². The molecule has 0 bridgehead atoms. The Morgan fingerprint density at radius 1 is 1.00 bits per heavy atom. The zero-order valence-corrected chi connectivity index (χ0v) is 18.6. The minimum Gasteiger partial charge on any atom is -0.493 e. The molecule has 0 aromatic heterocycles. The van der Waals surface area contributed by atoms with E-state index in [4.69, 9.17) is 9.47 Å². The zero-order valence-electron chi connectivity index (χ0n) is 18.6. The molecule has 3 aromatic carbocycles. The molecule has 0 fully saturated rings. The average Bonchev–Trinajstić information content (AvgIpc) is 3.20. The second kappa shape index (κ2) is 9.40. The first-order valence-electron chi connectivity index (χ1n) is 10.5. The van der Waals surface area contributed by atoms with Gasteiger partial charge in [0.25, 0.3) is 5.91 Å². The highest BCUT2D eigenvalue weighted by molar-refractivity contribution is 5.93. The molecule has 166 valence electrons. The van der Waals surface area contributed by atoms with E-state index in [2.05, 4.69) is 17.0 Å². The van der Waals surface area contributed by atoms with E-state index in [1.807, 2.05) is 18.2 Å². The number of carbonyl (C=O) groups is 1. The van der Waals surface area contributed by atoms with Crippen LogP contribution in [0.4, 0.5) is 4.39 Å². The lowest BCUT2D eigenvalue weighted by Crippen LogP contribution is -2.21. The van der Waals surface area contributed by atoms with Crippen molar-refractivity contribution in [1.82, 2.24) is 9.80 Å². The van der Waals surface area contributed by atoms with Gasteiger partial charge in [-0.25, -0.2) is 4.39 Å². The van der Waals surface area contributed by atoms with Crippen LogP contribution >= 0.6 is 0 Å². The van der Waals surface area contributed by atoms with Crippen molar-refractivity contribution in [2.24, 2.45) is 0 Å². The lowest BCUT2D eigenvalue weighted by Gasteiger charge is -2.18. The van der Waals surface area contributed by atoms with Crippen molar-refractivity contribution in [3.05, 3.63) is 94.3 Å². The van der Waals surface area contributed by atoms with Crippen LogP contribution in [0.3, 0.4) is 0 Å². The maximum absolute atomic E-state index is 14.9. The van der Waals surface area contributed by atoms with Crippen molar-refractivity contribution < 1.29 is 18.7 Å². The molecule has 0 radical (unpaired) electrons. The quantitative estimate of drug-likeness (QED) is 0.544. The van der Waals surface area contributed by atoms with Crippen LogP contribution in [-0.2, 0) is 26.2 Å². The lowest BCUT2D eigenvalue weighted by molar-refractivity contribution is 0.0827. The summed E-state index contributed by atoms with van der Waals surface area (Å²) in [6.07, 6.45) is 0. The first-order valence-corrected chi connectivity index (χ1v) is 10.5. The Balaban J connectivity index is 1.43. The van der Waals surface area contributed by atoms with Crippen LogP contribution < -0.4 is 9.47 Å². The monoisotopic (exact) mass is 434 g/mol. The normalized spacial score (nSPS) is 13.0. The molecule has 0 saturated heterocycles. The highest BCUT2D eigenvalue weighted by atomic mass is 19.1. The SMILES string of the molecule is COc1cc(CN2Cc3ccccc3C2)cc(F)c1OCc1ccc(C(=O)N(C)C)cc1. The highest BCUT2D eigenvalue weighted by Crippen LogP contribution is 2.34. The summed E-state index contributed by atoms with van der Waals surface area (Å²) in [5.41, 5.74) is 4.90. The number of nitrogens with zero attached hydrogens (tertiary/aromatic N) is 2. The molecule has 0 N–H and O–H groups in total. The molecule has 0 spiro atoms. The van der Waals surface area contributed by atoms with Crippen molar-refractivity contribution in [1.29, 1.82) is 0 Å². The lowest BCUT2D eigenvalue weighted by atomic mass is 10.1. The number of benzene rings is 3. The van der Waals surface area contributed by atoms with Gasteiger partial charge in [0.2, 0.25) is 0 Å². The van der Waals surface area contributed by atoms with E-state index in [1.54, 1.807) is 38.4 Å². The number of ether oxygens (including phenoxy) is 2. The highest BCUT2D eigenvalue weighted by Gasteiger charge is 2.20. The number of hydrogen-bond donors (Lipinski definition) is 0. The smallest absolute Gasteiger partial charge is 0.253 e. The Labute approximate surface area is 188 Å². The van der Waals surface area contributed by atoms with Gasteiger partial charge in [-0.3, -0.25) is 9.69 Å². The molecule has 4 rings (SSSR count). The van der Waals surface area contributed by atoms with Crippen LogP contribution in [0.15, 0.2) is 60.7 Å². The fraction of sp³-hybridized carbons (Fsp3) is 0.269. The molecule has 0 unspecified atom stereocenters. The largest absolute Gasteiger partial charge is 0.493 e. The summed E-state index contributed by atoms with van der Waals surface area (Å²) in [4.78, 5) is 15.8. The molecule has 6 heteroatoms. The van der Waals surface area contributed by atoms with Crippen molar-refractivity contribution in [2.45, 2.75) is 26.2 Å². The summed E-state index contributed by atoms with van der Waals surface area (Å²) in [6, 6.07) is 18.8. The van der Waals surface area contributed by atoms with E-state index in [1.165, 1.54) is 29.2 Å². The Morgan fingerprint density at radius 3 is 2.25 bits per heavy atom. The second-order valence-electron chi connectivity index (χ2n) is 8.21. The number of methoxy groups -OCH3 is 1. The molecule has 1 amide bonds. The number of fused-ring (bicyclic) bond motifs is 1. The zero-order chi connectivity index (χ0) is 22.7. The fourth-order valence-electron chi connectivity index (χ4n) is 3.94. The standard InChI is InChI=1S/C26H27FN2O3/c1-28(2)26(30)20-10-8-18(9-11-20)17-32-25-23(27)12-19(13-24(25)31-3)14-29-15-21-6-4-5-7-22(21)16-29/h4-13H,14-17H2,1-3H3. The number of hydrogen-bond acceptors (Lipinski definition) is 4. The molecular formula is C26H27FN2O3. The van der Waals surface area contributed by atoms with Gasteiger partial charge in [-0.15, -0.1) is 0 Å². The number of amides is 1. The molecule has 1 aliphatic rings. The fourth-order valence-corrected chi connectivity index (χ4v) is 3.94. The van der Waals surface area contributed by atoms with Gasteiger partial charge in [0.1, 0.15) is 6.61 Å². The Bertz CT molecular complexity index is 1090. The van der Waals surface area contributed by atoms with Gasteiger partial charge in [0, 0.05) is 39.3 Å². The van der Waals surface area contributed by atoms with E-state index in [-0.39, 0.29) is 18.3 Å². The van der Waals surface area contributed by atoms with Crippen molar-refractivity contribution >= 4 is 5.91 Å². The van der Waals surface area contributed by atoms with Crippen LogP contribution in [-0.4, -0.2) is 36.9 Å². The van der Waals surface area contributed by atoms with E-state index < -0.39 is 5.82 Å². The second-order valence-corrected chi connectivity index (χ2v) is 8.21. The van der Waals surface area contributed by atoms with E-state index in [0.717, 1.165) is 24.2 Å². The van der Waals surface area contributed by atoms with Gasteiger partial charge in [-0.1, -0.05) is 36.4 Å². The molecular weight excluding hydrogens is 407 g/mol. The topological polar surface area (TPSA) is 42.0 Å². The minimum atomic E-state index is -0.449. The van der Waals surface area contributed by atoms with Gasteiger partial charge in [0.15, 0.2) is 17.3 Å². The predicted octanol–water partition coefficient (Wildman–Crippen LogP) is 4.63. The Morgan fingerprint density at radius 2 is 1.66 bits per heavy atom. The maximum Gasteiger partial charge on any atom is 0.253 e. The Kier molecular flexibility index (Phi) is 6.42. The third kappa shape index (κ3) is 4.75. The van der Waals surface area contributed by atoms with Crippen LogP contribution in [0.5, 0.6) is 11.5 Å². The van der Waals surface area contributed by atoms with E-state index in [0.29, 0.717) is 17.9 Å². The molecule has 1 heterocycles. The minimum absolute atomic E-state index is 0.0677. The van der Waals surface area contributed by atoms with Gasteiger partial charge in [-0.05, 0) is 46.5 Å². The first-order chi connectivity index (χ1) is 15.4. The summed E-state index contributed by atoms with van der Waals surface area (Å²) in [5, 5.41) is 0. The first kappa shape index (κ1) is 21.8. The number of rotatable bonds is 7. The average molecular weight is 435 g/mol. The van der Waals surface area contributed by atoms with Crippen molar-refractivity contribution in [3.8, 4) is 11.5 Å². The molecule has 0 atom stereocenters. The van der Waals surface area contributed by atoms with E-state index in [9.17, 15) is 9.18 Å². The van der Waals surface area contributed by atoms with Crippen molar-refractivity contribution in [3.63, 3.8) is 0 Å². The summed E-state index contributed by atoms with van der Waals surface area (Å²) in [5.74, 6) is -0.0529. The van der Waals surface area contributed by atoms with Gasteiger partial charge >= 0.3 is 0 Å². The summed E-state index contributed by atoms with van der Waals surface area (Å²) >= 11 is 0. The maximum atomic E-state index is 14.9. The molecule has 32 heavy (non-hydrogen) atoms. The third-order valence-corrected chi connectivity index (χ3v) is 5.59. The van der Waals surface area contributed by atoms with Gasteiger partial charge in [-0.2, -0.15) is 0 Å². The van der Waals surface area contributed by atoms with Gasteiger partial charge in [0.05, 0.1) is 7.11 Å². The van der Waals surface area contributed by atoms with Crippen LogP contribution in [0.2, 0.25) is 0 Å². The molecule has 0 saturated carbocycles.